The quantitative estimate of drug-likeness (QED) is 0.0219. The maximum absolute atomic E-state index is 12.7. The van der Waals surface area contributed by atoms with Crippen molar-refractivity contribution in [2.24, 2.45) is 0 Å². The molecule has 9 nitrogen and oxygen atoms in total. The van der Waals surface area contributed by atoms with Gasteiger partial charge in [-0.1, -0.05) is 119 Å². The molecule has 0 spiro atoms. The Hall–Kier alpha value is -3.27. The molecule has 1 N–H and O–H groups in total. The molecular weight excluding hydrogens is 695 g/mol. The van der Waals surface area contributed by atoms with Crippen molar-refractivity contribution in [2.45, 2.75) is 155 Å². The Morgan fingerprint density at radius 1 is 0.564 bits per heavy atom. The number of allylic oxidation sites excluding steroid dienone is 12. The third kappa shape index (κ3) is 38.8. The number of aliphatic carboxylic acids is 1. The SMILES string of the molecule is CC/C=C\C/C=C\C/C=C\C/C=C\CCCCC(=O)OC(COC(=O)CCCCCCC/C=C\C/C=C\CCCCC)COC(OCC[N+](C)(C)C)C(=O)O. The first-order valence-corrected chi connectivity index (χ1v) is 21.1. The number of nitrogens with zero attached hydrogens (tertiary/aromatic N) is 1. The largest absolute Gasteiger partial charge is 0.477 e. The van der Waals surface area contributed by atoms with Gasteiger partial charge in [-0.2, -0.15) is 0 Å². The van der Waals surface area contributed by atoms with Crippen LogP contribution in [0.15, 0.2) is 72.9 Å². The highest BCUT2D eigenvalue weighted by Gasteiger charge is 2.25. The molecule has 0 amide bonds. The number of carbonyl (C=O) groups is 3. The minimum Gasteiger partial charge on any atom is -0.477 e. The first-order valence-electron chi connectivity index (χ1n) is 21.1. The number of ether oxygens (including phenoxy) is 4. The third-order valence-corrected chi connectivity index (χ3v) is 8.45. The topological polar surface area (TPSA) is 108 Å². The zero-order valence-corrected chi connectivity index (χ0v) is 35.3. The standard InChI is InChI=1S/C46H77NO8/c1-6-8-10-12-14-16-18-20-22-24-26-28-30-32-34-36-43(48)53-40-42(41-54-46(45(50)51)52-39-38-47(3,4)5)55-44(49)37-35-33-31-29-27-25-23-21-19-17-15-13-11-9-7-2/h9,11,14-17,20-23,27,29,42,46H,6-8,10,12-13,18-19,24-26,28,30-41H2,1-5H3/p+1/b11-9-,16-14-,17-15-,22-20-,23-21-,29-27-. The second-order valence-electron chi connectivity index (χ2n) is 14.9. The lowest BCUT2D eigenvalue weighted by molar-refractivity contribution is -0.870. The van der Waals surface area contributed by atoms with Crippen molar-refractivity contribution in [3.8, 4) is 0 Å². The predicted molar refractivity (Wildman–Crippen MR) is 226 cm³/mol. The number of likely N-dealkylation sites (N-methyl/N-ethyl adjacent to an activating group) is 1. The summed E-state index contributed by atoms with van der Waals surface area (Å²) in [6, 6.07) is 0. The van der Waals surface area contributed by atoms with E-state index in [1.54, 1.807) is 0 Å². The number of hydrogen-bond donors (Lipinski definition) is 1. The van der Waals surface area contributed by atoms with Crippen LogP contribution in [0.1, 0.15) is 142 Å². The molecule has 0 radical (unpaired) electrons. The van der Waals surface area contributed by atoms with Crippen LogP contribution in [0.2, 0.25) is 0 Å². The Morgan fingerprint density at radius 2 is 1.04 bits per heavy atom. The zero-order valence-electron chi connectivity index (χ0n) is 35.3. The molecule has 0 saturated heterocycles. The molecule has 2 atom stereocenters. The highest BCUT2D eigenvalue weighted by atomic mass is 16.7. The zero-order chi connectivity index (χ0) is 40.7. The van der Waals surface area contributed by atoms with Gasteiger partial charge in [-0.05, 0) is 83.5 Å². The molecular formula is C46H78NO8+. The van der Waals surface area contributed by atoms with E-state index >= 15 is 0 Å². The lowest BCUT2D eigenvalue weighted by Crippen LogP contribution is -2.40. The molecule has 0 bridgehead atoms. The van der Waals surface area contributed by atoms with Crippen LogP contribution in [0.5, 0.6) is 0 Å². The summed E-state index contributed by atoms with van der Waals surface area (Å²) >= 11 is 0. The molecule has 0 rings (SSSR count). The Kier molecular flexibility index (Phi) is 35.4. The Morgan fingerprint density at radius 3 is 1.58 bits per heavy atom. The molecule has 0 fully saturated rings. The highest BCUT2D eigenvalue weighted by Crippen LogP contribution is 2.11. The van der Waals surface area contributed by atoms with E-state index in [2.05, 4.69) is 86.8 Å². The van der Waals surface area contributed by atoms with Crippen LogP contribution in [0.3, 0.4) is 0 Å². The maximum Gasteiger partial charge on any atom is 0.361 e. The number of hydrogen-bond acceptors (Lipinski definition) is 7. The van der Waals surface area contributed by atoms with Crippen LogP contribution < -0.4 is 0 Å². The van der Waals surface area contributed by atoms with E-state index < -0.39 is 24.3 Å². The van der Waals surface area contributed by atoms with E-state index in [1.165, 1.54) is 25.7 Å². The fraction of sp³-hybridized carbons (Fsp3) is 0.674. The van der Waals surface area contributed by atoms with Crippen molar-refractivity contribution in [2.75, 3.05) is 47.5 Å². The molecule has 0 aliphatic carbocycles. The van der Waals surface area contributed by atoms with Gasteiger partial charge in [0.05, 0.1) is 34.4 Å². The number of carboxylic acids is 1. The highest BCUT2D eigenvalue weighted by molar-refractivity contribution is 5.71. The van der Waals surface area contributed by atoms with Crippen LogP contribution in [0.4, 0.5) is 0 Å². The molecule has 0 aliphatic rings. The molecule has 314 valence electrons. The van der Waals surface area contributed by atoms with Crippen LogP contribution in [0, 0.1) is 0 Å². The Balaban J connectivity index is 4.60. The van der Waals surface area contributed by atoms with Gasteiger partial charge in [0.1, 0.15) is 13.2 Å². The van der Waals surface area contributed by atoms with Gasteiger partial charge in [0, 0.05) is 12.8 Å². The minimum atomic E-state index is -1.53. The number of unbranched alkanes of at least 4 members (excludes halogenated alkanes) is 10. The van der Waals surface area contributed by atoms with Gasteiger partial charge in [-0.3, -0.25) is 9.59 Å². The Bertz CT molecular complexity index is 1130. The van der Waals surface area contributed by atoms with Gasteiger partial charge in [-0.15, -0.1) is 0 Å². The molecule has 55 heavy (non-hydrogen) atoms. The minimum absolute atomic E-state index is 0.173. The van der Waals surface area contributed by atoms with Crippen LogP contribution in [-0.4, -0.2) is 87.4 Å². The molecule has 0 heterocycles. The van der Waals surface area contributed by atoms with Crippen molar-refractivity contribution in [1.82, 2.24) is 0 Å². The van der Waals surface area contributed by atoms with Crippen molar-refractivity contribution >= 4 is 17.9 Å². The van der Waals surface area contributed by atoms with Crippen molar-refractivity contribution in [3.63, 3.8) is 0 Å². The van der Waals surface area contributed by atoms with E-state index in [0.29, 0.717) is 17.4 Å². The molecule has 9 heteroatoms. The van der Waals surface area contributed by atoms with Crippen LogP contribution in [-0.2, 0) is 33.3 Å². The summed E-state index contributed by atoms with van der Waals surface area (Å²) in [5.41, 5.74) is 0. The normalized spacial score (nSPS) is 13.7. The third-order valence-electron chi connectivity index (χ3n) is 8.45. The van der Waals surface area contributed by atoms with Gasteiger partial charge in [0.2, 0.25) is 0 Å². The maximum atomic E-state index is 12.7. The number of esters is 2. The predicted octanol–water partition coefficient (Wildman–Crippen LogP) is 10.8. The lowest BCUT2D eigenvalue weighted by atomic mass is 10.1. The second kappa shape index (κ2) is 37.6. The van der Waals surface area contributed by atoms with Crippen molar-refractivity contribution < 1.29 is 42.9 Å². The van der Waals surface area contributed by atoms with Crippen molar-refractivity contribution in [3.05, 3.63) is 72.9 Å². The number of carboxylic acid groups (broad SMARTS) is 1. The van der Waals surface area contributed by atoms with E-state index in [9.17, 15) is 19.5 Å². The average molecular weight is 773 g/mol. The molecule has 0 aromatic heterocycles. The van der Waals surface area contributed by atoms with Gasteiger partial charge >= 0.3 is 17.9 Å². The second-order valence-corrected chi connectivity index (χ2v) is 14.9. The smallest absolute Gasteiger partial charge is 0.361 e. The van der Waals surface area contributed by atoms with Gasteiger partial charge < -0.3 is 28.5 Å². The average Bonchev–Trinajstić information content (AvgIpc) is 3.14. The van der Waals surface area contributed by atoms with Crippen molar-refractivity contribution in [1.29, 1.82) is 0 Å². The summed E-state index contributed by atoms with van der Waals surface area (Å²) in [7, 11) is 5.92. The summed E-state index contributed by atoms with van der Waals surface area (Å²) in [6.45, 7) is 4.63. The fourth-order valence-corrected chi connectivity index (χ4v) is 5.15. The fourth-order valence-electron chi connectivity index (χ4n) is 5.15. The molecule has 0 aromatic rings. The summed E-state index contributed by atoms with van der Waals surface area (Å²) in [5.74, 6) is -2.10. The molecule has 0 aromatic carbocycles. The van der Waals surface area contributed by atoms with Gasteiger partial charge in [0.15, 0.2) is 6.10 Å². The monoisotopic (exact) mass is 773 g/mol. The molecule has 2 unspecified atom stereocenters. The summed E-state index contributed by atoms with van der Waals surface area (Å²) in [6.07, 6.45) is 42.5. The Labute approximate surface area is 335 Å². The lowest BCUT2D eigenvalue weighted by Gasteiger charge is -2.25. The molecule has 0 saturated carbocycles. The molecule has 0 aliphatic heterocycles. The first kappa shape index (κ1) is 51.7. The van der Waals surface area contributed by atoms with E-state index in [0.717, 1.165) is 83.5 Å². The number of carbonyl (C=O) groups excluding carboxylic acids is 2. The number of quaternary nitrogens is 1. The van der Waals surface area contributed by atoms with E-state index in [1.807, 2.05) is 21.1 Å². The van der Waals surface area contributed by atoms with Gasteiger partial charge in [0.25, 0.3) is 6.29 Å². The van der Waals surface area contributed by atoms with Gasteiger partial charge in [-0.25, -0.2) is 4.79 Å². The first-order chi connectivity index (χ1) is 26.6. The van der Waals surface area contributed by atoms with Crippen LogP contribution >= 0.6 is 0 Å². The number of rotatable bonds is 37. The van der Waals surface area contributed by atoms with Crippen LogP contribution in [0.25, 0.3) is 0 Å². The van der Waals surface area contributed by atoms with E-state index in [-0.39, 0.29) is 38.6 Å². The summed E-state index contributed by atoms with van der Waals surface area (Å²) < 4.78 is 22.6. The summed E-state index contributed by atoms with van der Waals surface area (Å²) in [5, 5.41) is 9.61. The summed E-state index contributed by atoms with van der Waals surface area (Å²) in [4.78, 5) is 37.0. The van der Waals surface area contributed by atoms with E-state index in [4.69, 9.17) is 18.9 Å².